The van der Waals surface area contributed by atoms with Crippen molar-refractivity contribution in [2.24, 2.45) is 28.3 Å². The molecule has 0 aromatic carbocycles. The largest absolute Gasteiger partial charge is 0.481 e. The Balaban J connectivity index is 2.10. The highest BCUT2D eigenvalue weighted by molar-refractivity contribution is 8.01. The number of amidine groups is 1. The van der Waals surface area contributed by atoms with E-state index in [1.807, 2.05) is 0 Å². The molecule has 0 aromatic rings. The number of aliphatic hydroxyl groups excluding tert-OH is 3. The van der Waals surface area contributed by atoms with Gasteiger partial charge >= 0.3 is 5.97 Å². The molecule has 0 spiro atoms. The minimum Gasteiger partial charge on any atom is -0.481 e. The fraction of sp³-hybridized carbons (Fsp3) is 0.787. The number of Topliss-reactive ketones (excluding diaryl/α,β-unsaturated/α-hetero) is 2. The molecule has 1 saturated carbocycles. The van der Waals surface area contributed by atoms with Crippen molar-refractivity contribution in [3.63, 3.8) is 0 Å². The summed E-state index contributed by atoms with van der Waals surface area (Å²) < 4.78 is 6.10. The summed E-state index contributed by atoms with van der Waals surface area (Å²) in [5.74, 6) is -7.03. The molecule has 91 heavy (non-hydrogen) atoms. The van der Waals surface area contributed by atoms with Crippen molar-refractivity contribution < 1.29 is 88.4 Å². The zero-order valence-electron chi connectivity index (χ0n) is 54.5. The van der Waals surface area contributed by atoms with Gasteiger partial charge < -0.3 is 94.5 Å². The molecule has 520 valence electrons. The van der Waals surface area contributed by atoms with Crippen LogP contribution in [-0.4, -0.2) is 223 Å². The number of rotatable bonds is 45. The Morgan fingerprint density at radius 2 is 1.19 bits per heavy atom. The lowest BCUT2D eigenvalue weighted by molar-refractivity contribution is -0.380. The van der Waals surface area contributed by atoms with Crippen LogP contribution in [0.25, 0.3) is 0 Å². The number of nitrogens with one attached hydrogen (secondary N) is 8. The SMILES string of the molecule is CCCCCC(O)/C=C/C1C(O)CC(=O)C1CCCCCCC(=O)NCCNC(=O)CCC(NC(=O)C(CCC(=O)NCCN=C(N)CSC1(C)OC(C)(CO)C(C)(O)C(C)(O)C1(C)O)NC(=O)C(CCC(=O)NCCN)NC(=O)C(CCC(=O)O)NC)C(C)=O. The second-order valence-electron chi connectivity index (χ2n) is 24.5. The van der Waals surface area contributed by atoms with Gasteiger partial charge in [-0.3, -0.25) is 52.9 Å². The van der Waals surface area contributed by atoms with Crippen LogP contribution in [0.2, 0.25) is 0 Å². The molecule has 0 bridgehead atoms. The van der Waals surface area contributed by atoms with Crippen molar-refractivity contribution in [3.05, 3.63) is 12.2 Å². The van der Waals surface area contributed by atoms with Crippen LogP contribution in [0.15, 0.2) is 17.1 Å². The van der Waals surface area contributed by atoms with Gasteiger partial charge in [-0.15, -0.1) is 11.8 Å². The number of hydrogen-bond acceptors (Lipinski definition) is 21. The maximum absolute atomic E-state index is 14.1. The Kier molecular flexibility index (Phi) is 35.6. The average molecular weight is 1310 g/mol. The van der Waals surface area contributed by atoms with Gasteiger partial charge in [-0.1, -0.05) is 57.6 Å². The van der Waals surface area contributed by atoms with Gasteiger partial charge in [-0.25, -0.2) is 0 Å². The van der Waals surface area contributed by atoms with E-state index in [9.17, 15) is 83.7 Å². The summed E-state index contributed by atoms with van der Waals surface area (Å²) in [6, 6.07) is -5.43. The number of thioether (sulfide) groups is 1. The number of likely N-dealkylation sites (N-methyl/N-ethyl adjacent to an activating group) is 1. The molecular weight excluding hydrogens is 1210 g/mol. The van der Waals surface area contributed by atoms with Crippen molar-refractivity contribution in [2.45, 2.75) is 234 Å². The van der Waals surface area contributed by atoms with Crippen LogP contribution in [0.1, 0.15) is 170 Å². The molecule has 19 N–H and O–H groups in total. The maximum Gasteiger partial charge on any atom is 0.303 e. The summed E-state index contributed by atoms with van der Waals surface area (Å²) in [4.78, 5) is 133. The minimum atomic E-state index is -2.20. The van der Waals surface area contributed by atoms with Crippen LogP contribution < -0.4 is 54.0 Å². The molecule has 2 aliphatic rings. The van der Waals surface area contributed by atoms with Gasteiger partial charge in [-0.2, -0.15) is 0 Å². The van der Waals surface area contributed by atoms with E-state index in [0.717, 1.165) is 50.3 Å². The van der Waals surface area contributed by atoms with E-state index in [0.29, 0.717) is 19.3 Å². The summed E-state index contributed by atoms with van der Waals surface area (Å²) in [5.41, 5.74) is 3.58. The molecular formula is C61H107N11O18S. The smallest absolute Gasteiger partial charge is 0.303 e. The second-order valence-corrected chi connectivity index (χ2v) is 25.9. The lowest BCUT2D eigenvalue weighted by Gasteiger charge is -2.65. The summed E-state index contributed by atoms with van der Waals surface area (Å²) in [5, 5.41) is 95.4. The molecule has 13 unspecified atom stereocenters. The number of carboxylic acids is 1. The van der Waals surface area contributed by atoms with E-state index >= 15 is 0 Å². The number of carboxylic acid groups (broad SMARTS) is 1. The van der Waals surface area contributed by atoms with Gasteiger partial charge in [-0.05, 0) is 93.5 Å². The van der Waals surface area contributed by atoms with E-state index in [1.54, 1.807) is 12.2 Å². The summed E-state index contributed by atoms with van der Waals surface area (Å²) in [6.45, 7) is 9.39. The third-order valence-electron chi connectivity index (χ3n) is 17.4. The van der Waals surface area contributed by atoms with Gasteiger partial charge in [0.05, 0.1) is 43.2 Å². The van der Waals surface area contributed by atoms with Crippen LogP contribution in [0.3, 0.4) is 0 Å². The number of hydrogen-bond donors (Lipinski definition) is 17. The van der Waals surface area contributed by atoms with Gasteiger partial charge in [0.15, 0.2) is 5.78 Å². The molecule has 0 aromatic heterocycles. The Hall–Kier alpha value is -5.70. The Morgan fingerprint density at radius 1 is 0.681 bits per heavy atom. The van der Waals surface area contributed by atoms with Gasteiger partial charge in [0.1, 0.15) is 51.0 Å². The number of aliphatic imine (C=N–C) groups is 1. The molecule has 29 nitrogen and oxygen atoms in total. The number of nitrogens with zero attached hydrogens (tertiary/aromatic N) is 1. The first kappa shape index (κ1) is 81.4. The van der Waals surface area contributed by atoms with Crippen LogP contribution >= 0.6 is 11.8 Å². The first-order valence-electron chi connectivity index (χ1n) is 31.7. The number of carbonyl (C=O) groups excluding carboxylic acids is 9. The van der Waals surface area contributed by atoms with Gasteiger partial charge in [0, 0.05) is 83.1 Å². The van der Waals surface area contributed by atoms with Crippen LogP contribution in [-0.2, 0) is 52.7 Å². The standard InChI is InChI=1S/C61H107N11O18S/c1-9-10-13-16-39(75)19-20-41-40(46(76)35-47(41)77)17-14-11-12-15-18-49(78)67-33-34-69-51(80)25-21-42(38(2)74)70-55(85)44(72-56(86)45(22-26-50(79)66-30-29-62)71-54(84)43(64-8)24-28-53(82)83)23-27-52(81)68-32-31-65-48(63)36-91-61(7)60(6,89)59(5,88)58(4,87)57(3,37-73)90-61/h19-20,39-45,47,64,73,75,77,87-89H,9-18,21-37,62H2,1-8H3,(H2,63,65)(H,66,79)(H,67,78)(H,68,81)(H,69,80)(H,70,85)(H,71,84)(H,72,86)(H,82,83)/b20-19+. The molecule has 1 saturated heterocycles. The first-order chi connectivity index (χ1) is 42.7. The molecule has 2 fully saturated rings. The topological polar surface area (TPSA) is 482 Å². The van der Waals surface area contributed by atoms with Crippen molar-refractivity contribution in [1.82, 2.24) is 42.5 Å². The number of aliphatic carboxylic acids is 1. The molecule has 1 heterocycles. The Morgan fingerprint density at radius 3 is 1.71 bits per heavy atom. The van der Waals surface area contributed by atoms with E-state index in [1.165, 1.54) is 48.6 Å². The van der Waals surface area contributed by atoms with E-state index < -0.39 is 137 Å². The second kappa shape index (κ2) is 39.8. The summed E-state index contributed by atoms with van der Waals surface area (Å²) in [6.07, 6.45) is 6.98. The molecule has 1 aliphatic carbocycles. The predicted molar refractivity (Wildman–Crippen MR) is 340 cm³/mol. The highest BCUT2D eigenvalue weighted by atomic mass is 32.2. The van der Waals surface area contributed by atoms with Crippen LogP contribution in [0.4, 0.5) is 0 Å². The Bertz CT molecular complexity index is 2470. The fourth-order valence-corrected chi connectivity index (χ4v) is 12.1. The third-order valence-corrected chi connectivity index (χ3v) is 18.9. The summed E-state index contributed by atoms with van der Waals surface area (Å²) in [7, 11) is 1.40. The number of nitrogens with two attached hydrogens (primary N) is 2. The normalized spacial score (nSPS) is 25.8. The Labute approximate surface area is 538 Å². The quantitative estimate of drug-likeness (QED) is 0.0143. The van der Waals surface area contributed by atoms with Gasteiger partial charge in [0.25, 0.3) is 0 Å². The third kappa shape index (κ3) is 26.0. The van der Waals surface area contributed by atoms with Gasteiger partial charge in [0.2, 0.25) is 41.4 Å². The number of ether oxygens (including phenoxy) is 1. The van der Waals surface area contributed by atoms with Crippen LogP contribution in [0, 0.1) is 11.8 Å². The summed E-state index contributed by atoms with van der Waals surface area (Å²) >= 11 is 0.949. The number of carbonyl (C=O) groups is 10. The maximum atomic E-state index is 14.1. The van der Waals surface area contributed by atoms with Crippen LogP contribution in [0.5, 0.6) is 0 Å². The highest BCUT2D eigenvalue weighted by Gasteiger charge is 2.74. The molecule has 7 amide bonds. The predicted octanol–water partition coefficient (Wildman–Crippen LogP) is -1.51. The zero-order chi connectivity index (χ0) is 68.8. The van der Waals surface area contributed by atoms with Crippen molar-refractivity contribution >= 4 is 76.5 Å². The molecule has 0 radical (unpaired) electrons. The minimum absolute atomic E-state index is 0.0133. The molecule has 1 aliphatic heterocycles. The number of unbranched alkanes of at least 4 members (excludes halogenated alkanes) is 5. The lowest BCUT2D eigenvalue weighted by atomic mass is 9.62. The zero-order valence-corrected chi connectivity index (χ0v) is 55.3. The van der Waals surface area contributed by atoms with Crippen molar-refractivity contribution in [3.8, 4) is 0 Å². The molecule has 13 atom stereocenters. The van der Waals surface area contributed by atoms with Crippen molar-refractivity contribution in [2.75, 3.05) is 58.7 Å². The highest BCUT2D eigenvalue weighted by Crippen LogP contribution is 2.57. The molecule has 30 heteroatoms. The van der Waals surface area contributed by atoms with E-state index in [-0.39, 0.29) is 119 Å². The monoisotopic (exact) mass is 1310 g/mol. The van der Waals surface area contributed by atoms with E-state index in [2.05, 4.69) is 54.5 Å². The number of ketones is 2. The number of amides is 7. The van der Waals surface area contributed by atoms with Crippen molar-refractivity contribution in [1.29, 1.82) is 0 Å². The fourth-order valence-electron chi connectivity index (χ4n) is 10.8. The average Bonchev–Trinajstić information content (AvgIpc) is 1.01. The van der Waals surface area contributed by atoms with E-state index in [4.69, 9.17) is 16.2 Å². The lowest BCUT2D eigenvalue weighted by Crippen LogP contribution is -2.83. The number of aliphatic hydroxyl groups is 6. The first-order valence-corrected chi connectivity index (χ1v) is 32.7. The molecule has 2 rings (SSSR count).